The SMILES string of the molecule is CC(C)(C)[Si](O[C@H]1COC[C@H]1O)(c1ccccc1)c1ccccc1. The van der Waals surface area contributed by atoms with Crippen molar-refractivity contribution < 1.29 is 14.3 Å². The molecule has 1 N–H and O–H groups in total. The highest BCUT2D eigenvalue weighted by atomic mass is 28.4. The molecule has 0 aromatic heterocycles. The summed E-state index contributed by atoms with van der Waals surface area (Å²) in [5.74, 6) is 0. The van der Waals surface area contributed by atoms with Gasteiger partial charge >= 0.3 is 0 Å². The van der Waals surface area contributed by atoms with E-state index in [0.29, 0.717) is 13.2 Å². The standard InChI is InChI=1S/C20H26O3Si/c1-20(2,3)24(16-10-6-4-7-11-16,17-12-8-5-9-13-17)23-19-15-22-14-18(19)21/h4-13,18-19,21H,14-15H2,1-3H3/t18-,19+/m1/s1. The van der Waals surface area contributed by atoms with Gasteiger partial charge in [0.15, 0.2) is 0 Å². The summed E-state index contributed by atoms with van der Waals surface area (Å²) in [5.41, 5.74) is 0. The molecule has 2 aromatic rings. The van der Waals surface area contributed by atoms with Gasteiger partial charge in [-0.05, 0) is 15.4 Å². The molecule has 1 aliphatic rings. The van der Waals surface area contributed by atoms with Crippen molar-refractivity contribution in [2.75, 3.05) is 13.2 Å². The molecular weight excluding hydrogens is 316 g/mol. The van der Waals surface area contributed by atoms with Crippen LogP contribution in [-0.2, 0) is 9.16 Å². The van der Waals surface area contributed by atoms with Gasteiger partial charge in [0.25, 0.3) is 8.32 Å². The van der Waals surface area contributed by atoms with E-state index in [-0.39, 0.29) is 11.1 Å². The molecule has 2 atom stereocenters. The number of benzene rings is 2. The lowest BCUT2D eigenvalue weighted by atomic mass is 10.2. The van der Waals surface area contributed by atoms with Crippen LogP contribution in [0.15, 0.2) is 60.7 Å². The minimum atomic E-state index is -2.60. The van der Waals surface area contributed by atoms with E-state index in [4.69, 9.17) is 9.16 Å². The quantitative estimate of drug-likeness (QED) is 0.867. The Morgan fingerprint density at radius 1 is 0.917 bits per heavy atom. The van der Waals surface area contributed by atoms with Crippen molar-refractivity contribution >= 4 is 18.7 Å². The maximum atomic E-state index is 10.3. The van der Waals surface area contributed by atoms with Gasteiger partial charge in [-0.3, -0.25) is 0 Å². The predicted molar refractivity (Wildman–Crippen MR) is 99.3 cm³/mol. The predicted octanol–water partition coefficient (Wildman–Crippen LogP) is 2.32. The number of hydrogen-bond acceptors (Lipinski definition) is 3. The Hall–Kier alpha value is -1.46. The van der Waals surface area contributed by atoms with Gasteiger partial charge in [-0.1, -0.05) is 81.4 Å². The van der Waals surface area contributed by atoms with E-state index in [1.165, 1.54) is 10.4 Å². The monoisotopic (exact) mass is 342 g/mol. The van der Waals surface area contributed by atoms with Crippen LogP contribution in [-0.4, -0.2) is 38.8 Å². The van der Waals surface area contributed by atoms with Crippen LogP contribution < -0.4 is 10.4 Å². The first kappa shape index (κ1) is 17.4. The maximum Gasteiger partial charge on any atom is 0.261 e. The van der Waals surface area contributed by atoms with Crippen molar-refractivity contribution in [2.24, 2.45) is 0 Å². The van der Waals surface area contributed by atoms with E-state index in [9.17, 15) is 5.11 Å². The van der Waals surface area contributed by atoms with Crippen molar-refractivity contribution in [1.29, 1.82) is 0 Å². The van der Waals surface area contributed by atoms with Crippen molar-refractivity contribution in [3.05, 3.63) is 60.7 Å². The zero-order chi connectivity index (χ0) is 17.2. The first-order valence-corrected chi connectivity index (χ1v) is 10.4. The van der Waals surface area contributed by atoms with E-state index in [0.717, 1.165) is 0 Å². The Morgan fingerprint density at radius 3 is 1.79 bits per heavy atom. The highest BCUT2D eigenvalue weighted by Gasteiger charge is 2.52. The lowest BCUT2D eigenvalue weighted by molar-refractivity contribution is 0.0670. The number of rotatable bonds is 4. The fourth-order valence-corrected chi connectivity index (χ4v) is 8.25. The first-order valence-electron chi connectivity index (χ1n) is 8.50. The van der Waals surface area contributed by atoms with Crippen LogP contribution in [0.25, 0.3) is 0 Å². The van der Waals surface area contributed by atoms with Crippen LogP contribution in [0.1, 0.15) is 20.8 Å². The Morgan fingerprint density at radius 2 is 1.42 bits per heavy atom. The number of ether oxygens (including phenoxy) is 1. The Balaban J connectivity index is 2.17. The lowest BCUT2D eigenvalue weighted by Gasteiger charge is -2.44. The smallest absolute Gasteiger partial charge is 0.261 e. The second kappa shape index (κ2) is 6.80. The van der Waals surface area contributed by atoms with Gasteiger partial charge in [0.1, 0.15) is 6.10 Å². The zero-order valence-electron chi connectivity index (χ0n) is 14.6. The highest BCUT2D eigenvalue weighted by molar-refractivity contribution is 6.99. The van der Waals surface area contributed by atoms with Gasteiger partial charge in [0.05, 0.1) is 19.3 Å². The van der Waals surface area contributed by atoms with E-state index < -0.39 is 14.4 Å². The van der Waals surface area contributed by atoms with Crippen LogP contribution in [0.2, 0.25) is 5.04 Å². The minimum Gasteiger partial charge on any atom is -0.399 e. The van der Waals surface area contributed by atoms with E-state index >= 15 is 0 Å². The number of aliphatic hydroxyl groups excluding tert-OH is 1. The van der Waals surface area contributed by atoms with Crippen LogP contribution >= 0.6 is 0 Å². The molecule has 1 saturated heterocycles. The Labute approximate surface area is 145 Å². The van der Waals surface area contributed by atoms with Gasteiger partial charge in [0, 0.05) is 0 Å². The minimum absolute atomic E-state index is 0.0853. The summed E-state index contributed by atoms with van der Waals surface area (Å²) in [7, 11) is -2.60. The molecule has 4 heteroatoms. The van der Waals surface area contributed by atoms with Crippen LogP contribution in [0, 0.1) is 0 Å². The van der Waals surface area contributed by atoms with Crippen LogP contribution in [0.3, 0.4) is 0 Å². The molecule has 0 radical (unpaired) electrons. The fraction of sp³-hybridized carbons (Fsp3) is 0.400. The van der Waals surface area contributed by atoms with Crippen molar-refractivity contribution in [3.8, 4) is 0 Å². The van der Waals surface area contributed by atoms with Crippen molar-refractivity contribution in [1.82, 2.24) is 0 Å². The van der Waals surface area contributed by atoms with E-state index in [1.807, 2.05) is 12.1 Å². The van der Waals surface area contributed by atoms with Gasteiger partial charge < -0.3 is 14.3 Å². The molecule has 3 rings (SSSR count). The van der Waals surface area contributed by atoms with Gasteiger partial charge in [-0.25, -0.2) is 0 Å². The van der Waals surface area contributed by atoms with Crippen LogP contribution in [0.5, 0.6) is 0 Å². The summed E-state index contributed by atoms with van der Waals surface area (Å²) in [4.78, 5) is 0. The second-order valence-corrected chi connectivity index (χ2v) is 11.7. The Bertz CT molecular complexity index is 612. The topological polar surface area (TPSA) is 38.7 Å². The summed E-state index contributed by atoms with van der Waals surface area (Å²) >= 11 is 0. The number of aliphatic hydroxyl groups is 1. The van der Waals surface area contributed by atoms with E-state index in [1.54, 1.807) is 0 Å². The molecule has 0 bridgehead atoms. The molecule has 3 nitrogen and oxygen atoms in total. The Kier molecular flexibility index (Phi) is 4.92. The highest BCUT2D eigenvalue weighted by Crippen LogP contribution is 2.38. The molecule has 0 unspecified atom stereocenters. The molecule has 1 aliphatic heterocycles. The molecule has 2 aromatic carbocycles. The van der Waals surface area contributed by atoms with Gasteiger partial charge in [-0.2, -0.15) is 0 Å². The average Bonchev–Trinajstić information content (AvgIpc) is 2.98. The normalized spacial score (nSPS) is 21.8. The third-order valence-electron chi connectivity index (χ3n) is 4.74. The summed E-state index contributed by atoms with van der Waals surface area (Å²) in [6, 6.07) is 21.0. The number of hydrogen-bond donors (Lipinski definition) is 1. The lowest BCUT2D eigenvalue weighted by Crippen LogP contribution is -2.68. The first-order chi connectivity index (χ1) is 11.4. The molecule has 0 amide bonds. The second-order valence-electron chi connectivity index (χ2n) is 7.42. The fourth-order valence-electron chi connectivity index (χ4n) is 3.55. The average molecular weight is 343 g/mol. The van der Waals surface area contributed by atoms with Gasteiger partial charge in [0.2, 0.25) is 0 Å². The summed E-state index contributed by atoms with van der Waals surface area (Å²) in [6.07, 6.45) is -0.844. The maximum absolute atomic E-state index is 10.3. The third kappa shape index (κ3) is 3.07. The molecule has 1 heterocycles. The van der Waals surface area contributed by atoms with E-state index in [2.05, 4.69) is 69.3 Å². The third-order valence-corrected chi connectivity index (χ3v) is 9.81. The largest absolute Gasteiger partial charge is 0.399 e. The molecule has 1 fully saturated rings. The molecule has 0 spiro atoms. The van der Waals surface area contributed by atoms with Crippen molar-refractivity contribution in [2.45, 2.75) is 38.0 Å². The molecule has 128 valence electrons. The zero-order valence-corrected chi connectivity index (χ0v) is 15.6. The van der Waals surface area contributed by atoms with Crippen molar-refractivity contribution in [3.63, 3.8) is 0 Å². The summed E-state index contributed by atoms with van der Waals surface area (Å²) in [5, 5.41) is 12.6. The van der Waals surface area contributed by atoms with Gasteiger partial charge in [-0.15, -0.1) is 0 Å². The summed E-state index contributed by atoms with van der Waals surface area (Å²) in [6.45, 7) is 7.51. The van der Waals surface area contributed by atoms with Crippen LogP contribution in [0.4, 0.5) is 0 Å². The molecule has 24 heavy (non-hydrogen) atoms. The molecular formula is C20H26O3Si. The summed E-state index contributed by atoms with van der Waals surface area (Å²) < 4.78 is 12.3. The molecule has 0 saturated carbocycles. The molecule has 0 aliphatic carbocycles.